The monoisotopic (exact) mass is 182 g/mol. The maximum absolute atomic E-state index is 10.8. The first-order valence-electron chi connectivity index (χ1n) is 5.36. The second-order valence-electron chi connectivity index (χ2n) is 5.00. The Bertz CT molecular complexity index is 216. The summed E-state index contributed by atoms with van der Waals surface area (Å²) in [6.07, 6.45) is 7.40. The van der Waals surface area contributed by atoms with Crippen LogP contribution in [0.4, 0.5) is 0 Å². The van der Waals surface area contributed by atoms with E-state index in [9.17, 15) is 4.79 Å². The molecule has 2 saturated carbocycles. The Labute approximate surface area is 79.3 Å². The van der Waals surface area contributed by atoms with Crippen molar-refractivity contribution < 1.29 is 9.90 Å². The lowest BCUT2D eigenvalue weighted by atomic mass is 9.71. The molecule has 0 aromatic rings. The second kappa shape index (κ2) is 3.00. The molecule has 2 nitrogen and oxygen atoms in total. The fourth-order valence-corrected chi connectivity index (χ4v) is 2.97. The van der Waals surface area contributed by atoms with Crippen LogP contribution in [0, 0.1) is 17.3 Å². The highest BCUT2D eigenvalue weighted by Gasteiger charge is 2.53. The van der Waals surface area contributed by atoms with E-state index in [1.54, 1.807) is 0 Å². The molecule has 2 rings (SSSR count). The van der Waals surface area contributed by atoms with Gasteiger partial charge < -0.3 is 5.11 Å². The van der Waals surface area contributed by atoms with Gasteiger partial charge in [0.1, 0.15) is 0 Å². The lowest BCUT2D eigenvalue weighted by Gasteiger charge is -2.34. The second-order valence-corrected chi connectivity index (χ2v) is 5.00. The smallest absolute Gasteiger partial charge is 0.306 e. The van der Waals surface area contributed by atoms with Crippen molar-refractivity contribution in [1.82, 2.24) is 0 Å². The molecule has 74 valence electrons. The third kappa shape index (κ3) is 1.59. The maximum atomic E-state index is 10.8. The van der Waals surface area contributed by atoms with Crippen LogP contribution >= 0.6 is 0 Å². The van der Waals surface area contributed by atoms with Gasteiger partial charge in [0, 0.05) is 0 Å². The number of carboxylic acids is 1. The fraction of sp³-hybridized carbons (Fsp3) is 0.909. The van der Waals surface area contributed by atoms with Crippen molar-refractivity contribution in [3.63, 3.8) is 0 Å². The molecule has 0 aromatic heterocycles. The summed E-state index contributed by atoms with van der Waals surface area (Å²) in [6, 6.07) is 0. The minimum Gasteiger partial charge on any atom is -0.481 e. The van der Waals surface area contributed by atoms with E-state index in [-0.39, 0.29) is 5.92 Å². The van der Waals surface area contributed by atoms with E-state index in [1.165, 1.54) is 32.1 Å². The Hall–Kier alpha value is -0.530. The van der Waals surface area contributed by atoms with Gasteiger partial charge in [-0.15, -0.1) is 0 Å². The zero-order valence-electron chi connectivity index (χ0n) is 8.25. The summed E-state index contributed by atoms with van der Waals surface area (Å²) < 4.78 is 0. The van der Waals surface area contributed by atoms with E-state index in [0.717, 1.165) is 6.42 Å². The minimum absolute atomic E-state index is 0.0110. The van der Waals surface area contributed by atoms with Crippen LogP contribution in [0.3, 0.4) is 0 Å². The van der Waals surface area contributed by atoms with E-state index in [2.05, 4.69) is 6.92 Å². The average molecular weight is 182 g/mol. The quantitative estimate of drug-likeness (QED) is 0.713. The Kier molecular flexibility index (Phi) is 2.09. The maximum Gasteiger partial charge on any atom is 0.306 e. The van der Waals surface area contributed by atoms with Gasteiger partial charge in [-0.1, -0.05) is 26.2 Å². The lowest BCUT2D eigenvalue weighted by molar-refractivity contribution is -0.139. The molecule has 0 saturated heterocycles. The number of rotatable bonds is 2. The van der Waals surface area contributed by atoms with Gasteiger partial charge in [0.15, 0.2) is 0 Å². The molecular formula is C11H18O2. The van der Waals surface area contributed by atoms with Crippen molar-refractivity contribution in [2.75, 3.05) is 0 Å². The molecule has 2 atom stereocenters. The van der Waals surface area contributed by atoms with Crippen molar-refractivity contribution in [3.8, 4) is 0 Å². The molecule has 13 heavy (non-hydrogen) atoms. The summed E-state index contributed by atoms with van der Waals surface area (Å²) in [4.78, 5) is 10.8. The molecule has 0 amide bonds. The summed E-state index contributed by atoms with van der Waals surface area (Å²) in [5, 5.41) is 8.87. The SMILES string of the molecule is CC1(C2CC2C(=O)O)CCCCC1. The molecule has 0 radical (unpaired) electrons. The third-order valence-electron chi connectivity index (χ3n) is 4.00. The average Bonchev–Trinajstić information content (AvgIpc) is 2.84. The van der Waals surface area contributed by atoms with E-state index in [0.29, 0.717) is 11.3 Å². The van der Waals surface area contributed by atoms with Gasteiger partial charge in [-0.05, 0) is 30.6 Å². The first kappa shape index (κ1) is 9.04. The van der Waals surface area contributed by atoms with Gasteiger partial charge in [-0.3, -0.25) is 4.79 Å². The van der Waals surface area contributed by atoms with Gasteiger partial charge in [-0.2, -0.15) is 0 Å². The highest BCUT2D eigenvalue weighted by Crippen LogP contribution is 2.57. The van der Waals surface area contributed by atoms with Crippen molar-refractivity contribution in [2.24, 2.45) is 17.3 Å². The Morgan fingerprint density at radius 2 is 1.92 bits per heavy atom. The topological polar surface area (TPSA) is 37.3 Å². The van der Waals surface area contributed by atoms with E-state index < -0.39 is 5.97 Å². The Morgan fingerprint density at radius 3 is 2.38 bits per heavy atom. The van der Waals surface area contributed by atoms with Crippen molar-refractivity contribution in [2.45, 2.75) is 45.4 Å². The van der Waals surface area contributed by atoms with E-state index >= 15 is 0 Å². The zero-order chi connectivity index (χ0) is 9.47. The fourth-order valence-electron chi connectivity index (χ4n) is 2.97. The van der Waals surface area contributed by atoms with Gasteiger partial charge in [0.2, 0.25) is 0 Å². The number of carbonyl (C=O) groups is 1. The molecule has 2 unspecified atom stereocenters. The van der Waals surface area contributed by atoms with Crippen LogP contribution in [0.15, 0.2) is 0 Å². The first-order chi connectivity index (χ1) is 6.13. The highest BCUT2D eigenvalue weighted by molar-refractivity contribution is 5.73. The van der Waals surface area contributed by atoms with Crippen LogP contribution in [-0.2, 0) is 4.79 Å². The largest absolute Gasteiger partial charge is 0.481 e. The Morgan fingerprint density at radius 1 is 1.31 bits per heavy atom. The predicted molar refractivity (Wildman–Crippen MR) is 50.4 cm³/mol. The van der Waals surface area contributed by atoms with Gasteiger partial charge in [-0.25, -0.2) is 0 Å². The van der Waals surface area contributed by atoms with Crippen LogP contribution in [0.25, 0.3) is 0 Å². The Balaban J connectivity index is 1.97. The summed E-state index contributed by atoms with van der Waals surface area (Å²) in [7, 11) is 0. The van der Waals surface area contributed by atoms with Crippen molar-refractivity contribution >= 4 is 5.97 Å². The highest BCUT2D eigenvalue weighted by atomic mass is 16.4. The molecule has 0 bridgehead atoms. The molecule has 2 heteroatoms. The zero-order valence-corrected chi connectivity index (χ0v) is 8.25. The molecule has 0 aromatic carbocycles. The molecule has 1 N–H and O–H groups in total. The van der Waals surface area contributed by atoms with Crippen LogP contribution in [0.5, 0.6) is 0 Å². The van der Waals surface area contributed by atoms with Crippen molar-refractivity contribution in [3.05, 3.63) is 0 Å². The lowest BCUT2D eigenvalue weighted by Crippen LogP contribution is -2.24. The van der Waals surface area contributed by atoms with Gasteiger partial charge >= 0.3 is 5.97 Å². The number of hydrogen-bond acceptors (Lipinski definition) is 1. The summed E-state index contributed by atoms with van der Waals surface area (Å²) >= 11 is 0. The summed E-state index contributed by atoms with van der Waals surface area (Å²) in [5.74, 6) is -0.0924. The van der Waals surface area contributed by atoms with Crippen LogP contribution in [-0.4, -0.2) is 11.1 Å². The molecule has 0 heterocycles. The molecule has 2 aliphatic carbocycles. The predicted octanol–water partition coefficient (Wildman–Crippen LogP) is 2.68. The summed E-state index contributed by atoms with van der Waals surface area (Å²) in [6.45, 7) is 2.29. The minimum atomic E-state index is -0.572. The summed E-state index contributed by atoms with van der Waals surface area (Å²) in [5.41, 5.74) is 0.362. The van der Waals surface area contributed by atoms with E-state index in [1.807, 2.05) is 0 Å². The molecular weight excluding hydrogens is 164 g/mol. The third-order valence-corrected chi connectivity index (χ3v) is 4.00. The molecule has 2 aliphatic rings. The number of hydrogen-bond donors (Lipinski definition) is 1. The van der Waals surface area contributed by atoms with Crippen LogP contribution in [0.2, 0.25) is 0 Å². The number of carboxylic acid groups (broad SMARTS) is 1. The molecule has 2 fully saturated rings. The van der Waals surface area contributed by atoms with E-state index in [4.69, 9.17) is 5.11 Å². The van der Waals surface area contributed by atoms with Gasteiger partial charge in [0.05, 0.1) is 5.92 Å². The number of aliphatic carboxylic acids is 1. The van der Waals surface area contributed by atoms with Crippen LogP contribution in [0.1, 0.15) is 45.4 Å². The first-order valence-corrected chi connectivity index (χ1v) is 5.36. The molecule has 0 spiro atoms. The van der Waals surface area contributed by atoms with Crippen LogP contribution < -0.4 is 0 Å². The molecule has 0 aliphatic heterocycles. The standard InChI is InChI=1S/C11H18O2/c1-11(5-3-2-4-6-11)9-7-8(9)10(12)13/h8-9H,2-7H2,1H3,(H,12,13). The van der Waals surface area contributed by atoms with Gasteiger partial charge in [0.25, 0.3) is 0 Å². The van der Waals surface area contributed by atoms with Crippen molar-refractivity contribution in [1.29, 1.82) is 0 Å². The normalized spacial score (nSPS) is 37.0.